The Balaban J connectivity index is 1.70. The first-order valence-electron chi connectivity index (χ1n) is 6.78. The lowest BCUT2D eigenvalue weighted by atomic mass is 9.97. The monoisotopic (exact) mass is 246 g/mol. The van der Waals surface area contributed by atoms with Gasteiger partial charge in [0.2, 0.25) is 0 Å². The van der Waals surface area contributed by atoms with E-state index in [0.717, 1.165) is 32.2 Å². The highest BCUT2D eigenvalue weighted by molar-refractivity contribution is 5.62. The highest BCUT2D eigenvalue weighted by Crippen LogP contribution is 2.19. The van der Waals surface area contributed by atoms with Crippen LogP contribution in [0.2, 0.25) is 0 Å². The van der Waals surface area contributed by atoms with Crippen LogP contribution in [0.4, 0.5) is 0 Å². The van der Waals surface area contributed by atoms with Crippen LogP contribution in [0.5, 0.6) is 0 Å². The zero-order chi connectivity index (χ0) is 12.6. The molecule has 0 aromatic heterocycles. The molecule has 0 aliphatic carbocycles. The molecule has 0 bridgehead atoms. The molecule has 1 aliphatic rings. The van der Waals surface area contributed by atoms with E-state index in [4.69, 9.17) is 9.47 Å². The molecule has 0 spiro atoms. The summed E-state index contributed by atoms with van der Waals surface area (Å²) in [5, 5.41) is 0. The van der Waals surface area contributed by atoms with Gasteiger partial charge in [-0.2, -0.15) is 0 Å². The Labute approximate surface area is 110 Å². The van der Waals surface area contributed by atoms with Gasteiger partial charge in [0, 0.05) is 13.2 Å². The largest absolute Gasteiger partial charge is 0.501 e. The van der Waals surface area contributed by atoms with Crippen molar-refractivity contribution in [3.63, 3.8) is 0 Å². The smallest absolute Gasteiger partial charge is 0.0876 e. The van der Waals surface area contributed by atoms with Gasteiger partial charge in [0.25, 0.3) is 0 Å². The molecule has 1 saturated heterocycles. The first kappa shape index (κ1) is 13.2. The summed E-state index contributed by atoms with van der Waals surface area (Å²) < 4.78 is 11.0. The SMILES string of the molecule is C/C(=C/OCCC1CCOCC1)c1ccccc1. The van der Waals surface area contributed by atoms with Crippen molar-refractivity contribution in [3.05, 3.63) is 42.2 Å². The maximum Gasteiger partial charge on any atom is 0.0876 e. The van der Waals surface area contributed by atoms with Gasteiger partial charge >= 0.3 is 0 Å². The van der Waals surface area contributed by atoms with Crippen molar-refractivity contribution in [2.45, 2.75) is 26.2 Å². The molecule has 0 atom stereocenters. The second kappa shape index (κ2) is 7.22. The lowest BCUT2D eigenvalue weighted by molar-refractivity contribution is 0.0569. The van der Waals surface area contributed by atoms with E-state index in [9.17, 15) is 0 Å². The number of hydrogen-bond donors (Lipinski definition) is 0. The van der Waals surface area contributed by atoms with Crippen LogP contribution in [0.3, 0.4) is 0 Å². The average Bonchev–Trinajstić information content (AvgIpc) is 2.45. The fourth-order valence-electron chi connectivity index (χ4n) is 2.22. The predicted octanol–water partition coefficient (Wildman–Crippen LogP) is 3.88. The van der Waals surface area contributed by atoms with Crippen molar-refractivity contribution >= 4 is 5.57 Å². The molecule has 2 nitrogen and oxygen atoms in total. The zero-order valence-electron chi connectivity index (χ0n) is 11.1. The van der Waals surface area contributed by atoms with Gasteiger partial charge < -0.3 is 9.47 Å². The molecule has 1 heterocycles. The highest BCUT2D eigenvalue weighted by atomic mass is 16.5. The number of rotatable bonds is 5. The standard InChI is InChI=1S/C16H22O2/c1-14(16-5-3-2-4-6-16)13-18-12-9-15-7-10-17-11-8-15/h2-6,13,15H,7-12H2,1H3/b14-13-. The van der Waals surface area contributed by atoms with Gasteiger partial charge in [0.1, 0.15) is 0 Å². The van der Waals surface area contributed by atoms with E-state index in [1.165, 1.54) is 24.0 Å². The topological polar surface area (TPSA) is 18.5 Å². The molecule has 0 amide bonds. The summed E-state index contributed by atoms with van der Waals surface area (Å²) in [5.41, 5.74) is 2.41. The normalized spacial score (nSPS) is 17.7. The lowest BCUT2D eigenvalue weighted by Crippen LogP contribution is -2.16. The maximum absolute atomic E-state index is 5.65. The van der Waals surface area contributed by atoms with Crippen molar-refractivity contribution in [2.75, 3.05) is 19.8 Å². The van der Waals surface area contributed by atoms with E-state index in [2.05, 4.69) is 31.2 Å². The molecule has 98 valence electrons. The Kier molecular flexibility index (Phi) is 5.28. The third kappa shape index (κ3) is 4.19. The molecule has 0 radical (unpaired) electrons. The molecule has 1 aromatic carbocycles. The number of ether oxygens (including phenoxy) is 2. The first-order chi connectivity index (χ1) is 8.86. The average molecular weight is 246 g/mol. The van der Waals surface area contributed by atoms with E-state index in [0.29, 0.717) is 0 Å². The van der Waals surface area contributed by atoms with E-state index in [1.807, 2.05) is 12.3 Å². The van der Waals surface area contributed by atoms with Crippen molar-refractivity contribution in [1.82, 2.24) is 0 Å². The Morgan fingerprint density at radius 3 is 2.72 bits per heavy atom. The second-order valence-electron chi connectivity index (χ2n) is 4.88. The molecule has 2 heteroatoms. The predicted molar refractivity (Wildman–Crippen MR) is 74.2 cm³/mol. The van der Waals surface area contributed by atoms with Crippen LogP contribution in [0, 0.1) is 5.92 Å². The quantitative estimate of drug-likeness (QED) is 0.580. The third-order valence-electron chi connectivity index (χ3n) is 3.47. The van der Waals surface area contributed by atoms with E-state index in [1.54, 1.807) is 0 Å². The van der Waals surface area contributed by atoms with Gasteiger partial charge in [-0.25, -0.2) is 0 Å². The summed E-state index contributed by atoms with van der Waals surface area (Å²) in [6.45, 7) is 4.74. The van der Waals surface area contributed by atoms with Crippen LogP contribution in [0.15, 0.2) is 36.6 Å². The molecule has 1 fully saturated rings. The van der Waals surface area contributed by atoms with Gasteiger partial charge in [-0.1, -0.05) is 30.3 Å². The minimum atomic E-state index is 0.782. The third-order valence-corrected chi connectivity index (χ3v) is 3.47. The summed E-state index contributed by atoms with van der Waals surface area (Å²) in [4.78, 5) is 0. The fraction of sp³-hybridized carbons (Fsp3) is 0.500. The summed E-state index contributed by atoms with van der Waals surface area (Å²) in [6, 6.07) is 10.3. The lowest BCUT2D eigenvalue weighted by Gasteiger charge is -2.21. The van der Waals surface area contributed by atoms with Crippen molar-refractivity contribution in [2.24, 2.45) is 5.92 Å². The second-order valence-corrected chi connectivity index (χ2v) is 4.88. The molecule has 0 N–H and O–H groups in total. The summed E-state index contributed by atoms with van der Waals surface area (Å²) in [7, 11) is 0. The number of allylic oxidation sites excluding steroid dienone is 1. The van der Waals surface area contributed by atoms with Gasteiger partial charge in [-0.3, -0.25) is 0 Å². The van der Waals surface area contributed by atoms with Crippen molar-refractivity contribution in [1.29, 1.82) is 0 Å². The van der Waals surface area contributed by atoms with Crippen LogP contribution in [-0.2, 0) is 9.47 Å². The van der Waals surface area contributed by atoms with Crippen LogP contribution >= 0.6 is 0 Å². The number of hydrogen-bond acceptors (Lipinski definition) is 2. The molecule has 1 aromatic rings. The summed E-state index contributed by atoms with van der Waals surface area (Å²) in [5.74, 6) is 0.782. The number of benzene rings is 1. The van der Waals surface area contributed by atoms with Gasteiger partial charge in [0.05, 0.1) is 12.9 Å². The summed E-state index contributed by atoms with van der Waals surface area (Å²) >= 11 is 0. The fourth-order valence-corrected chi connectivity index (χ4v) is 2.22. The first-order valence-corrected chi connectivity index (χ1v) is 6.78. The van der Waals surface area contributed by atoms with Gasteiger partial charge in [0.15, 0.2) is 0 Å². The van der Waals surface area contributed by atoms with Crippen LogP contribution in [-0.4, -0.2) is 19.8 Å². The van der Waals surface area contributed by atoms with Gasteiger partial charge in [-0.15, -0.1) is 0 Å². The van der Waals surface area contributed by atoms with E-state index < -0.39 is 0 Å². The Morgan fingerprint density at radius 2 is 2.00 bits per heavy atom. The van der Waals surface area contributed by atoms with Crippen molar-refractivity contribution < 1.29 is 9.47 Å². The van der Waals surface area contributed by atoms with Crippen LogP contribution in [0.25, 0.3) is 5.57 Å². The molecule has 0 unspecified atom stereocenters. The molecule has 2 rings (SSSR count). The minimum absolute atomic E-state index is 0.782. The highest BCUT2D eigenvalue weighted by Gasteiger charge is 2.12. The maximum atomic E-state index is 5.65. The summed E-state index contributed by atoms with van der Waals surface area (Å²) in [6.07, 6.45) is 5.39. The zero-order valence-corrected chi connectivity index (χ0v) is 11.1. The Hall–Kier alpha value is -1.28. The van der Waals surface area contributed by atoms with E-state index in [-0.39, 0.29) is 0 Å². The Morgan fingerprint density at radius 1 is 1.28 bits per heavy atom. The minimum Gasteiger partial charge on any atom is -0.501 e. The van der Waals surface area contributed by atoms with Crippen molar-refractivity contribution in [3.8, 4) is 0 Å². The van der Waals surface area contributed by atoms with E-state index >= 15 is 0 Å². The molecule has 18 heavy (non-hydrogen) atoms. The molecule has 0 saturated carbocycles. The molecular formula is C16H22O2. The molecule has 1 aliphatic heterocycles. The molecular weight excluding hydrogens is 224 g/mol. The van der Waals surface area contributed by atoms with Crippen LogP contribution < -0.4 is 0 Å². The van der Waals surface area contributed by atoms with Crippen LogP contribution in [0.1, 0.15) is 31.7 Å². The Bertz CT molecular complexity index is 364. The van der Waals surface area contributed by atoms with Gasteiger partial charge in [-0.05, 0) is 43.2 Å².